The zero-order valence-electron chi connectivity index (χ0n) is 12.4. The number of benzene rings is 1. The number of thiazole rings is 1. The van der Waals surface area contributed by atoms with Crippen molar-refractivity contribution in [2.75, 3.05) is 32.9 Å². The molecule has 0 radical (unpaired) electrons. The first-order valence-electron chi connectivity index (χ1n) is 7.31. The molecule has 0 spiro atoms. The quantitative estimate of drug-likeness (QED) is 0.910. The average molecular weight is 320 g/mol. The van der Waals surface area contributed by atoms with E-state index in [1.165, 1.54) is 0 Å². The molecule has 1 aromatic carbocycles. The van der Waals surface area contributed by atoms with E-state index in [2.05, 4.69) is 9.88 Å². The van der Waals surface area contributed by atoms with Crippen molar-refractivity contribution in [2.24, 2.45) is 0 Å². The minimum atomic E-state index is -1.01. The van der Waals surface area contributed by atoms with Gasteiger partial charge in [0.25, 0.3) is 0 Å². The summed E-state index contributed by atoms with van der Waals surface area (Å²) in [6.07, 6.45) is 0. The van der Waals surface area contributed by atoms with Gasteiger partial charge in [-0.3, -0.25) is 4.90 Å². The van der Waals surface area contributed by atoms with E-state index in [1.807, 2.05) is 41.2 Å². The Morgan fingerprint density at radius 2 is 2.23 bits per heavy atom. The van der Waals surface area contributed by atoms with Gasteiger partial charge in [0.2, 0.25) is 0 Å². The zero-order valence-corrected chi connectivity index (χ0v) is 13.2. The first kappa shape index (κ1) is 15.4. The maximum absolute atomic E-state index is 10.8. The monoisotopic (exact) mass is 320 g/mol. The standard InChI is InChI=1S/C16H20N2O3S/c19-16(12-21-15-4-2-1-3-5-15)10-18(6-7-20-11-16)8-14-9-22-13-17-14/h1-5,9,13,19H,6-8,10-12H2. The Labute approximate surface area is 134 Å². The van der Waals surface area contributed by atoms with Crippen LogP contribution in [0.2, 0.25) is 0 Å². The minimum Gasteiger partial charge on any atom is -0.490 e. The molecule has 3 rings (SSSR count). The van der Waals surface area contributed by atoms with E-state index in [0.29, 0.717) is 13.2 Å². The maximum Gasteiger partial charge on any atom is 0.134 e. The number of ether oxygens (including phenoxy) is 2. The minimum absolute atomic E-state index is 0.213. The Morgan fingerprint density at radius 1 is 1.36 bits per heavy atom. The number of para-hydroxylation sites is 1. The molecule has 1 atom stereocenters. The Hall–Kier alpha value is -1.47. The molecule has 1 fully saturated rings. The van der Waals surface area contributed by atoms with Gasteiger partial charge in [-0.25, -0.2) is 4.98 Å². The number of β-amino-alcohol motifs (C(OH)–C–C–N with tert-alkyl or cyclic N) is 1. The summed E-state index contributed by atoms with van der Waals surface area (Å²) in [4.78, 5) is 6.47. The first-order chi connectivity index (χ1) is 10.7. The highest BCUT2D eigenvalue weighted by molar-refractivity contribution is 7.07. The fourth-order valence-corrected chi connectivity index (χ4v) is 3.05. The van der Waals surface area contributed by atoms with E-state index in [4.69, 9.17) is 9.47 Å². The zero-order chi connectivity index (χ0) is 15.3. The summed E-state index contributed by atoms with van der Waals surface area (Å²) in [5, 5.41) is 12.8. The lowest BCUT2D eigenvalue weighted by atomic mass is 10.1. The molecule has 22 heavy (non-hydrogen) atoms. The molecule has 1 aromatic heterocycles. The normalized spacial score (nSPS) is 23.1. The predicted octanol–water partition coefficient (Wildman–Crippen LogP) is 1.79. The molecule has 5 nitrogen and oxygen atoms in total. The van der Waals surface area contributed by atoms with Crippen molar-refractivity contribution >= 4 is 11.3 Å². The van der Waals surface area contributed by atoms with Gasteiger partial charge in [0.05, 0.1) is 24.4 Å². The second kappa shape index (κ2) is 7.19. The first-order valence-corrected chi connectivity index (χ1v) is 8.25. The maximum atomic E-state index is 10.8. The lowest BCUT2D eigenvalue weighted by Gasteiger charge is -2.30. The van der Waals surface area contributed by atoms with E-state index in [9.17, 15) is 5.11 Å². The van der Waals surface area contributed by atoms with Gasteiger partial charge in [-0.15, -0.1) is 11.3 Å². The molecule has 0 saturated carbocycles. The van der Waals surface area contributed by atoms with Crippen LogP contribution in [-0.2, 0) is 11.3 Å². The SMILES string of the molecule is OC1(COc2ccccc2)COCCN(Cc2cscn2)C1. The van der Waals surface area contributed by atoms with Crippen molar-refractivity contribution in [1.82, 2.24) is 9.88 Å². The molecule has 0 aliphatic carbocycles. The van der Waals surface area contributed by atoms with Crippen LogP contribution in [0.1, 0.15) is 5.69 Å². The highest BCUT2D eigenvalue weighted by Crippen LogP contribution is 2.18. The van der Waals surface area contributed by atoms with E-state index in [1.54, 1.807) is 11.3 Å². The van der Waals surface area contributed by atoms with Crippen LogP contribution in [0.3, 0.4) is 0 Å². The summed E-state index contributed by atoms with van der Waals surface area (Å²) >= 11 is 1.58. The smallest absolute Gasteiger partial charge is 0.134 e. The van der Waals surface area contributed by atoms with Crippen molar-refractivity contribution in [3.05, 3.63) is 46.9 Å². The summed E-state index contributed by atoms with van der Waals surface area (Å²) in [6, 6.07) is 9.53. The fraction of sp³-hybridized carbons (Fsp3) is 0.438. The van der Waals surface area contributed by atoms with Gasteiger partial charge in [-0.2, -0.15) is 0 Å². The number of nitrogens with zero attached hydrogens (tertiary/aromatic N) is 2. The van der Waals surface area contributed by atoms with Crippen molar-refractivity contribution < 1.29 is 14.6 Å². The van der Waals surface area contributed by atoms with Gasteiger partial charge in [0.15, 0.2) is 0 Å². The van der Waals surface area contributed by atoms with Gasteiger partial charge in [0.1, 0.15) is 18.0 Å². The topological polar surface area (TPSA) is 54.8 Å². The van der Waals surface area contributed by atoms with Crippen LogP contribution in [0, 0.1) is 0 Å². The Kier molecular flexibility index (Phi) is 5.04. The fourth-order valence-electron chi connectivity index (χ4n) is 2.50. The largest absolute Gasteiger partial charge is 0.490 e. The number of aromatic nitrogens is 1. The van der Waals surface area contributed by atoms with E-state index in [0.717, 1.165) is 24.5 Å². The van der Waals surface area contributed by atoms with Crippen molar-refractivity contribution in [2.45, 2.75) is 12.1 Å². The number of hydrogen-bond acceptors (Lipinski definition) is 6. The van der Waals surface area contributed by atoms with Crippen molar-refractivity contribution in [3.8, 4) is 5.75 Å². The van der Waals surface area contributed by atoms with Crippen LogP contribution in [0.15, 0.2) is 41.2 Å². The Bertz CT molecular complexity index is 564. The Balaban J connectivity index is 1.60. The molecular weight excluding hydrogens is 300 g/mol. The molecular formula is C16H20N2O3S. The predicted molar refractivity (Wildman–Crippen MR) is 85.1 cm³/mol. The lowest BCUT2D eigenvalue weighted by molar-refractivity contribution is -0.0647. The van der Waals surface area contributed by atoms with E-state index < -0.39 is 5.60 Å². The summed E-state index contributed by atoms with van der Waals surface area (Å²) < 4.78 is 11.3. The van der Waals surface area contributed by atoms with Crippen LogP contribution >= 0.6 is 11.3 Å². The molecule has 2 heterocycles. The van der Waals surface area contributed by atoms with Crippen LogP contribution in [0.25, 0.3) is 0 Å². The van der Waals surface area contributed by atoms with Gasteiger partial charge in [0, 0.05) is 25.0 Å². The third-order valence-electron chi connectivity index (χ3n) is 3.56. The second-order valence-corrected chi connectivity index (χ2v) is 6.29. The molecule has 1 aliphatic heterocycles. The van der Waals surface area contributed by atoms with E-state index in [-0.39, 0.29) is 13.2 Å². The van der Waals surface area contributed by atoms with Crippen molar-refractivity contribution in [3.63, 3.8) is 0 Å². The summed E-state index contributed by atoms with van der Waals surface area (Å²) in [5.74, 6) is 0.756. The Morgan fingerprint density at radius 3 is 3.00 bits per heavy atom. The molecule has 6 heteroatoms. The van der Waals surface area contributed by atoms with Gasteiger partial charge < -0.3 is 14.6 Å². The average Bonchev–Trinajstić information content (AvgIpc) is 2.96. The van der Waals surface area contributed by atoms with Crippen LogP contribution in [0.4, 0.5) is 0 Å². The lowest BCUT2D eigenvalue weighted by Crippen LogP contribution is -2.48. The van der Waals surface area contributed by atoms with Crippen LogP contribution in [-0.4, -0.2) is 53.5 Å². The van der Waals surface area contributed by atoms with Gasteiger partial charge >= 0.3 is 0 Å². The number of rotatable bonds is 5. The third-order valence-corrected chi connectivity index (χ3v) is 4.20. The van der Waals surface area contributed by atoms with Crippen LogP contribution in [0.5, 0.6) is 5.75 Å². The third kappa shape index (κ3) is 4.27. The highest BCUT2D eigenvalue weighted by Gasteiger charge is 2.33. The highest BCUT2D eigenvalue weighted by atomic mass is 32.1. The molecule has 0 bridgehead atoms. The molecule has 0 amide bonds. The molecule has 1 saturated heterocycles. The second-order valence-electron chi connectivity index (χ2n) is 5.57. The summed E-state index contributed by atoms with van der Waals surface area (Å²) in [7, 11) is 0. The molecule has 1 aliphatic rings. The molecule has 1 unspecified atom stereocenters. The molecule has 118 valence electrons. The van der Waals surface area contributed by atoms with Crippen molar-refractivity contribution in [1.29, 1.82) is 0 Å². The molecule has 2 aromatic rings. The van der Waals surface area contributed by atoms with Crippen LogP contribution < -0.4 is 4.74 Å². The van der Waals surface area contributed by atoms with Gasteiger partial charge in [-0.1, -0.05) is 18.2 Å². The summed E-state index contributed by atoms with van der Waals surface area (Å²) in [6.45, 7) is 3.12. The van der Waals surface area contributed by atoms with Gasteiger partial charge in [-0.05, 0) is 12.1 Å². The number of aliphatic hydroxyl groups is 1. The summed E-state index contributed by atoms with van der Waals surface area (Å²) in [5.41, 5.74) is 1.84. The number of hydrogen-bond donors (Lipinski definition) is 1. The van der Waals surface area contributed by atoms with E-state index >= 15 is 0 Å². The molecule has 1 N–H and O–H groups in total.